The minimum atomic E-state index is -2.38. The van der Waals surface area contributed by atoms with Crippen molar-refractivity contribution in [3.63, 3.8) is 0 Å². The van der Waals surface area contributed by atoms with Crippen LogP contribution in [0.4, 0.5) is 34.1 Å². The Bertz CT molecular complexity index is 5810. The number of fused-ring (bicyclic) bond motifs is 10. The van der Waals surface area contributed by atoms with Crippen molar-refractivity contribution in [2.45, 2.75) is 33.0 Å². The number of benzene rings is 12. The Morgan fingerprint density at radius 3 is 1.63 bits per heavy atom. The van der Waals surface area contributed by atoms with E-state index < -0.39 is 97.5 Å². The minimum Gasteiger partial charge on any atom is -0.311 e. The SMILES string of the molecule is [2H]c1c([2H])c([2H])c(-c2ccc3c(c2)N(c2cccc(-n4c5ccccc5c5ccccc54)c2C#N)c2cc(C(C)(C)C)cc4c2B3c2ccc(-n3c5c([2H])c([2H])c([2H])c([2H])c5c5c([2H])c([2H])c([2H])c([2H])c53)cc2N4c2cc(-c3ccccc3)cc(-c3ccc(C([2H])([2H])[2H])cc3)c2)c([2H])c1[2H]. The highest BCUT2D eigenvalue weighted by molar-refractivity contribution is 7.00. The van der Waals surface area contributed by atoms with E-state index in [1.54, 1.807) is 36.4 Å². The van der Waals surface area contributed by atoms with Gasteiger partial charge in [-0.2, -0.15) is 5.26 Å². The molecule has 0 N–H and O–H groups in total. The number of hydrogen-bond acceptors (Lipinski definition) is 3. The number of aryl methyl sites for hydroxylation is 1. The molecule has 6 heteroatoms. The van der Waals surface area contributed by atoms with Gasteiger partial charge < -0.3 is 18.9 Å². The number of para-hydroxylation sites is 4. The van der Waals surface area contributed by atoms with Gasteiger partial charge in [0.05, 0.1) is 51.3 Å². The van der Waals surface area contributed by atoms with Crippen LogP contribution in [0.5, 0.6) is 0 Å². The van der Waals surface area contributed by atoms with Crippen molar-refractivity contribution in [1.29, 1.82) is 5.26 Å². The Balaban J connectivity index is 1.07. The summed E-state index contributed by atoms with van der Waals surface area (Å²) in [6, 6.07) is 56.0. The molecular formula is C78H56BN5. The lowest BCUT2D eigenvalue weighted by Gasteiger charge is -2.45. The van der Waals surface area contributed by atoms with Crippen molar-refractivity contribution >= 4 is 101 Å². The van der Waals surface area contributed by atoms with Gasteiger partial charge in [0, 0.05) is 59.8 Å². The van der Waals surface area contributed by atoms with Gasteiger partial charge in [-0.15, -0.1) is 0 Å². The van der Waals surface area contributed by atoms with Crippen molar-refractivity contribution in [2.24, 2.45) is 0 Å². The predicted molar refractivity (Wildman–Crippen MR) is 354 cm³/mol. The maximum absolute atomic E-state index is 12.1. The molecule has 396 valence electrons. The summed E-state index contributed by atoms with van der Waals surface area (Å²) in [5, 5.41) is 13.8. The largest absolute Gasteiger partial charge is 0.311 e. The van der Waals surface area contributed by atoms with E-state index in [9.17, 15) is 13.5 Å². The van der Waals surface area contributed by atoms with Gasteiger partial charge in [0.25, 0.3) is 6.71 Å². The first-order valence-corrected chi connectivity index (χ1v) is 27.8. The standard InChI is InChI=1S/C78H56BN5/c1-50-34-36-53(37-35-50)56-42-55(52-22-9-6-10-23-52)43-59(44-56)82-74-48-58(81-67-28-15-11-24-60(67)61-25-12-16-29-68(61)81)39-41-66(74)79-65-40-38-54(51-20-7-5-8-21-51)45-73(65)84(76-47-57(78(2,3)4)46-75(82)77(76)79)72-33-19-32-71(64(72)49-80)83-69-30-17-13-26-62(69)63-27-14-18-31-70(63)83/h5-48H,1-4H3/i1D3,5D,7D,8D,11D,12D,15D,16D,20D,21D,24D,25D,28D,29D. The Kier molecular flexibility index (Phi) is 7.98. The summed E-state index contributed by atoms with van der Waals surface area (Å²) in [6.45, 7) is 3.18. The van der Waals surface area contributed by atoms with Crippen LogP contribution in [-0.2, 0) is 5.41 Å². The molecule has 14 aromatic rings. The summed E-state index contributed by atoms with van der Waals surface area (Å²) in [5.41, 5.74) is 12.1. The maximum atomic E-state index is 12.1. The molecule has 0 saturated heterocycles. The zero-order chi connectivity index (χ0) is 70.2. The van der Waals surface area contributed by atoms with Gasteiger partial charge in [-0.3, -0.25) is 0 Å². The van der Waals surface area contributed by atoms with E-state index in [-0.39, 0.29) is 38.6 Å². The fourth-order valence-electron chi connectivity index (χ4n) is 12.9. The third-order valence-corrected chi connectivity index (χ3v) is 16.7. The number of rotatable bonds is 7. The summed E-state index contributed by atoms with van der Waals surface area (Å²) in [4.78, 5) is 4.20. The van der Waals surface area contributed by atoms with Gasteiger partial charge in [-0.25, -0.2) is 0 Å². The fourth-order valence-corrected chi connectivity index (χ4v) is 12.9. The zero-order valence-electron chi connectivity index (χ0n) is 61.7. The Labute approximate surface area is 512 Å². The zero-order valence-corrected chi connectivity index (χ0v) is 45.7. The quantitative estimate of drug-likeness (QED) is 0.149. The molecule has 0 unspecified atom stereocenters. The van der Waals surface area contributed by atoms with Crippen LogP contribution < -0.4 is 26.2 Å². The van der Waals surface area contributed by atoms with Crippen LogP contribution >= 0.6 is 0 Å². The van der Waals surface area contributed by atoms with E-state index in [1.165, 1.54) is 4.57 Å². The number of aromatic nitrogens is 2. The van der Waals surface area contributed by atoms with Gasteiger partial charge in [-0.05, 0) is 152 Å². The molecule has 0 atom stereocenters. The van der Waals surface area contributed by atoms with Crippen molar-refractivity contribution < 1.29 is 21.9 Å². The van der Waals surface area contributed by atoms with Gasteiger partial charge in [0.15, 0.2) is 0 Å². The van der Waals surface area contributed by atoms with Crippen LogP contribution in [0.25, 0.3) is 88.4 Å². The lowest BCUT2D eigenvalue weighted by Crippen LogP contribution is -2.61. The third-order valence-electron chi connectivity index (χ3n) is 16.7. The lowest BCUT2D eigenvalue weighted by molar-refractivity contribution is 0.590. The molecular weight excluding hydrogens is 1020 g/mol. The summed E-state index contributed by atoms with van der Waals surface area (Å²) in [5.74, 6) is 0. The second-order valence-corrected chi connectivity index (χ2v) is 22.4. The first kappa shape index (κ1) is 35.3. The minimum absolute atomic E-state index is 0.0349. The molecule has 2 aromatic heterocycles. The molecule has 0 radical (unpaired) electrons. The summed E-state index contributed by atoms with van der Waals surface area (Å²) < 4.78 is 147. The predicted octanol–water partition coefficient (Wildman–Crippen LogP) is 18.4. The molecule has 0 fully saturated rings. The van der Waals surface area contributed by atoms with Crippen LogP contribution in [0.1, 0.15) is 59.4 Å². The van der Waals surface area contributed by atoms with Crippen LogP contribution in [0, 0.1) is 18.2 Å². The van der Waals surface area contributed by atoms with Crippen LogP contribution in [0.2, 0.25) is 0 Å². The molecule has 0 aliphatic carbocycles. The Hall–Kier alpha value is -10.6. The van der Waals surface area contributed by atoms with Crippen molar-refractivity contribution in [2.75, 3.05) is 9.80 Å². The molecule has 4 heterocycles. The first-order chi connectivity index (χ1) is 47.8. The van der Waals surface area contributed by atoms with E-state index >= 15 is 0 Å². The van der Waals surface area contributed by atoms with Crippen molar-refractivity contribution in [3.8, 4) is 50.8 Å². The van der Waals surface area contributed by atoms with Gasteiger partial charge in [0.2, 0.25) is 0 Å². The van der Waals surface area contributed by atoms with Crippen LogP contribution in [-0.4, -0.2) is 15.8 Å². The highest BCUT2D eigenvalue weighted by Crippen LogP contribution is 2.50. The van der Waals surface area contributed by atoms with E-state index in [1.807, 2.05) is 121 Å². The van der Waals surface area contributed by atoms with Gasteiger partial charge >= 0.3 is 0 Å². The topological polar surface area (TPSA) is 40.1 Å². The van der Waals surface area contributed by atoms with E-state index in [0.717, 1.165) is 49.5 Å². The molecule has 2 aliphatic heterocycles. The van der Waals surface area contributed by atoms with Gasteiger partial charge in [0.1, 0.15) is 11.6 Å². The molecule has 0 saturated carbocycles. The summed E-state index contributed by atoms with van der Waals surface area (Å²) in [6.07, 6.45) is 0. The monoisotopic (exact) mass is 1090 g/mol. The third kappa shape index (κ3) is 7.63. The molecule has 0 amide bonds. The van der Waals surface area contributed by atoms with E-state index in [4.69, 9.17) is 13.7 Å². The molecule has 5 nitrogen and oxygen atoms in total. The number of nitrogens with zero attached hydrogens (tertiary/aromatic N) is 5. The number of anilines is 6. The normalized spacial score (nSPS) is 15.5. The maximum Gasteiger partial charge on any atom is 0.252 e. The Morgan fingerprint density at radius 1 is 0.405 bits per heavy atom. The van der Waals surface area contributed by atoms with E-state index in [0.29, 0.717) is 67.4 Å². The first-order valence-electron chi connectivity index (χ1n) is 35.8. The molecule has 2 aliphatic rings. The number of nitriles is 1. The second kappa shape index (κ2) is 19.0. The van der Waals surface area contributed by atoms with Crippen LogP contribution in [0.3, 0.4) is 0 Å². The number of hydrogen-bond donors (Lipinski definition) is 0. The smallest absolute Gasteiger partial charge is 0.252 e. The lowest BCUT2D eigenvalue weighted by atomic mass is 9.33. The summed E-state index contributed by atoms with van der Waals surface area (Å²) >= 11 is 0. The molecule has 12 aromatic carbocycles. The molecule has 0 spiro atoms. The van der Waals surface area contributed by atoms with Crippen molar-refractivity contribution in [3.05, 3.63) is 283 Å². The fraction of sp³-hybridized carbons (Fsp3) is 0.0641. The average Bonchev–Trinajstić information content (AvgIpc) is 0.843. The van der Waals surface area contributed by atoms with E-state index in [2.05, 4.69) is 71.5 Å². The van der Waals surface area contributed by atoms with Crippen molar-refractivity contribution in [1.82, 2.24) is 9.13 Å². The molecule has 0 bridgehead atoms. The second-order valence-electron chi connectivity index (χ2n) is 22.4. The Morgan fingerprint density at radius 2 is 0.976 bits per heavy atom. The highest BCUT2D eigenvalue weighted by Gasteiger charge is 2.45. The van der Waals surface area contributed by atoms with Gasteiger partial charge in [-0.1, -0.05) is 208 Å². The summed E-state index contributed by atoms with van der Waals surface area (Å²) in [7, 11) is 0. The molecule has 16 rings (SSSR count). The van der Waals surface area contributed by atoms with Crippen LogP contribution in [0.15, 0.2) is 267 Å². The molecule has 84 heavy (non-hydrogen) atoms. The highest BCUT2D eigenvalue weighted by atomic mass is 15.2. The average molecular weight is 1090 g/mol.